The van der Waals surface area contributed by atoms with Crippen molar-refractivity contribution in [1.82, 2.24) is 30.5 Å². The topological polar surface area (TPSA) is 92.2 Å². The fourth-order valence-corrected chi connectivity index (χ4v) is 4.00. The monoisotopic (exact) mass is 528 g/mol. The molecule has 0 aliphatic carbocycles. The second-order valence-electron chi connectivity index (χ2n) is 9.32. The van der Waals surface area contributed by atoms with E-state index in [2.05, 4.69) is 48.2 Å². The van der Waals surface area contributed by atoms with Gasteiger partial charge in [0, 0.05) is 30.7 Å². The van der Waals surface area contributed by atoms with Gasteiger partial charge in [-0.2, -0.15) is 13.2 Å². The highest BCUT2D eigenvalue weighted by Gasteiger charge is 2.28. The number of halogens is 4. The molecule has 0 aliphatic heterocycles. The Morgan fingerprint density at radius 3 is 2.19 bits per heavy atom. The molecule has 0 unspecified atom stereocenters. The molecule has 0 spiro atoms. The Bertz CT molecular complexity index is 998. The number of unbranched alkanes of at least 4 members (excludes halogenated alkanes) is 2. The minimum atomic E-state index is -4.51. The van der Waals surface area contributed by atoms with Gasteiger partial charge in [0.2, 0.25) is 0 Å². The van der Waals surface area contributed by atoms with Crippen molar-refractivity contribution in [1.29, 1.82) is 0 Å². The molecule has 206 valence electrons. The third kappa shape index (κ3) is 9.42. The number of carbonyl (C=O) groups excluding carboxylic acids is 2. The van der Waals surface area contributed by atoms with Gasteiger partial charge in [-0.05, 0) is 71.2 Å². The van der Waals surface area contributed by atoms with Crippen molar-refractivity contribution in [2.24, 2.45) is 0 Å². The number of alkyl halides is 4. The second-order valence-corrected chi connectivity index (χ2v) is 9.32. The molecular weight excluding hydrogens is 492 g/mol. The standard InChI is InChI=1S/C25H36F4N6O2/c1-17(2)34(18(3)4)15-14-30-24(37)22-21(8-6-5-7-13-26)35(33-32-22)20-11-9-19(10-12-20)23(36)31-16-25(27,28)29/h9-12,17-18H,5-8,13-16H2,1-4H3,(H,30,37)(H,31,36). The number of hydrogen-bond acceptors (Lipinski definition) is 5. The Hall–Kier alpha value is -3.02. The first kappa shape index (κ1) is 30.2. The Balaban J connectivity index is 2.19. The molecule has 2 rings (SSSR count). The van der Waals surface area contributed by atoms with Gasteiger partial charge >= 0.3 is 6.18 Å². The minimum absolute atomic E-state index is 0.0513. The third-order valence-electron chi connectivity index (χ3n) is 5.83. The Kier molecular flexibility index (Phi) is 11.5. The number of benzene rings is 1. The van der Waals surface area contributed by atoms with Crippen molar-refractivity contribution in [2.45, 2.75) is 71.6 Å². The van der Waals surface area contributed by atoms with Gasteiger partial charge in [-0.3, -0.25) is 18.9 Å². The second kappa shape index (κ2) is 14.1. The molecule has 2 N–H and O–H groups in total. The molecule has 37 heavy (non-hydrogen) atoms. The molecule has 0 radical (unpaired) electrons. The van der Waals surface area contributed by atoms with Gasteiger partial charge in [-0.1, -0.05) is 11.6 Å². The van der Waals surface area contributed by atoms with Crippen molar-refractivity contribution in [3.05, 3.63) is 41.2 Å². The maximum absolute atomic E-state index is 13.0. The van der Waals surface area contributed by atoms with Gasteiger partial charge in [-0.25, -0.2) is 4.68 Å². The van der Waals surface area contributed by atoms with Gasteiger partial charge in [-0.15, -0.1) is 5.10 Å². The number of aromatic nitrogens is 3. The Labute approximate surface area is 214 Å². The van der Waals surface area contributed by atoms with E-state index in [1.165, 1.54) is 28.9 Å². The average Bonchev–Trinajstić information content (AvgIpc) is 3.26. The molecule has 2 amide bonds. The first-order chi connectivity index (χ1) is 17.4. The number of hydrogen-bond donors (Lipinski definition) is 2. The summed E-state index contributed by atoms with van der Waals surface area (Å²) in [6.07, 6.45) is -2.44. The smallest absolute Gasteiger partial charge is 0.349 e. The van der Waals surface area contributed by atoms with Gasteiger partial charge < -0.3 is 10.6 Å². The summed E-state index contributed by atoms with van der Waals surface area (Å²) in [7, 11) is 0. The maximum Gasteiger partial charge on any atom is 0.405 e. The largest absolute Gasteiger partial charge is 0.405 e. The number of nitrogens with zero attached hydrogens (tertiary/aromatic N) is 4. The normalized spacial score (nSPS) is 12.0. The fraction of sp³-hybridized carbons (Fsp3) is 0.600. The summed E-state index contributed by atoms with van der Waals surface area (Å²) < 4.78 is 51.2. The van der Waals surface area contributed by atoms with E-state index in [1.807, 2.05) is 5.32 Å². The lowest BCUT2D eigenvalue weighted by Crippen LogP contribution is -2.42. The lowest BCUT2D eigenvalue weighted by molar-refractivity contribution is -0.123. The van der Waals surface area contributed by atoms with Crippen LogP contribution in [0.1, 0.15) is 73.5 Å². The molecule has 0 saturated carbocycles. The average molecular weight is 529 g/mol. The predicted molar refractivity (Wildman–Crippen MR) is 133 cm³/mol. The molecule has 0 saturated heterocycles. The van der Waals surface area contributed by atoms with E-state index in [-0.39, 0.29) is 17.2 Å². The van der Waals surface area contributed by atoms with Crippen LogP contribution in [0.3, 0.4) is 0 Å². The van der Waals surface area contributed by atoms with Crippen LogP contribution >= 0.6 is 0 Å². The number of nitrogens with one attached hydrogen (secondary N) is 2. The minimum Gasteiger partial charge on any atom is -0.349 e. The van der Waals surface area contributed by atoms with E-state index in [9.17, 15) is 27.2 Å². The molecule has 0 aliphatic rings. The summed E-state index contributed by atoms with van der Waals surface area (Å²) in [6, 6.07) is 6.44. The third-order valence-corrected chi connectivity index (χ3v) is 5.83. The van der Waals surface area contributed by atoms with Crippen LogP contribution in [0.4, 0.5) is 17.6 Å². The molecule has 0 fully saturated rings. The van der Waals surface area contributed by atoms with Crippen molar-refractivity contribution in [2.75, 3.05) is 26.3 Å². The van der Waals surface area contributed by atoms with Crippen LogP contribution in [0.15, 0.2) is 24.3 Å². The van der Waals surface area contributed by atoms with E-state index >= 15 is 0 Å². The van der Waals surface area contributed by atoms with Crippen LogP contribution in [0.25, 0.3) is 5.69 Å². The molecule has 2 aromatic rings. The van der Waals surface area contributed by atoms with Crippen LogP contribution in [0.5, 0.6) is 0 Å². The number of carbonyl (C=O) groups is 2. The van der Waals surface area contributed by atoms with Gasteiger partial charge in [0.1, 0.15) is 6.54 Å². The maximum atomic E-state index is 13.0. The SMILES string of the molecule is CC(C)N(CCNC(=O)c1nnn(-c2ccc(C(=O)NCC(F)(F)F)cc2)c1CCCCCF)C(C)C. The van der Waals surface area contributed by atoms with Gasteiger partial charge in [0.05, 0.1) is 18.1 Å². The van der Waals surface area contributed by atoms with Crippen LogP contribution in [0, 0.1) is 0 Å². The molecule has 1 aromatic carbocycles. The van der Waals surface area contributed by atoms with Crippen molar-refractivity contribution in [3.63, 3.8) is 0 Å². The molecule has 0 atom stereocenters. The first-order valence-electron chi connectivity index (χ1n) is 12.4. The summed E-state index contributed by atoms with van der Waals surface area (Å²) in [4.78, 5) is 27.2. The van der Waals surface area contributed by atoms with Crippen LogP contribution in [-0.4, -0.2) is 76.3 Å². The van der Waals surface area contributed by atoms with E-state index in [0.29, 0.717) is 62.2 Å². The van der Waals surface area contributed by atoms with Gasteiger partial charge in [0.15, 0.2) is 5.69 Å². The summed E-state index contributed by atoms with van der Waals surface area (Å²) >= 11 is 0. The molecule has 1 aromatic heterocycles. The van der Waals surface area contributed by atoms with Crippen LogP contribution in [-0.2, 0) is 6.42 Å². The lowest BCUT2D eigenvalue weighted by atomic mass is 10.1. The summed E-state index contributed by atoms with van der Waals surface area (Å²) in [6.45, 7) is 7.60. The lowest BCUT2D eigenvalue weighted by Gasteiger charge is -2.30. The van der Waals surface area contributed by atoms with Crippen molar-refractivity contribution >= 4 is 11.8 Å². The van der Waals surface area contributed by atoms with E-state index in [4.69, 9.17) is 0 Å². The zero-order chi connectivity index (χ0) is 27.6. The number of amides is 2. The highest BCUT2D eigenvalue weighted by atomic mass is 19.4. The predicted octanol–water partition coefficient (Wildman–Crippen LogP) is 4.09. The molecular formula is C25H36F4N6O2. The molecule has 1 heterocycles. The van der Waals surface area contributed by atoms with Crippen LogP contribution in [0.2, 0.25) is 0 Å². The van der Waals surface area contributed by atoms with E-state index in [1.54, 1.807) is 0 Å². The molecule has 0 bridgehead atoms. The van der Waals surface area contributed by atoms with Crippen molar-refractivity contribution < 1.29 is 27.2 Å². The van der Waals surface area contributed by atoms with Gasteiger partial charge in [0.25, 0.3) is 11.8 Å². The summed E-state index contributed by atoms with van der Waals surface area (Å²) in [5.74, 6) is -1.23. The zero-order valence-corrected chi connectivity index (χ0v) is 21.7. The highest BCUT2D eigenvalue weighted by molar-refractivity contribution is 5.94. The zero-order valence-electron chi connectivity index (χ0n) is 21.7. The fourth-order valence-electron chi connectivity index (χ4n) is 4.00. The first-order valence-corrected chi connectivity index (χ1v) is 12.4. The number of rotatable bonds is 14. The summed E-state index contributed by atoms with van der Waals surface area (Å²) in [5, 5.41) is 12.9. The molecule has 8 nitrogen and oxygen atoms in total. The molecule has 12 heteroatoms. The van der Waals surface area contributed by atoms with Crippen molar-refractivity contribution in [3.8, 4) is 5.69 Å². The summed E-state index contributed by atoms with van der Waals surface area (Å²) in [5.41, 5.74) is 1.24. The van der Waals surface area contributed by atoms with E-state index in [0.717, 1.165) is 0 Å². The highest BCUT2D eigenvalue weighted by Crippen LogP contribution is 2.18. The van der Waals surface area contributed by atoms with Crippen LogP contribution < -0.4 is 10.6 Å². The Morgan fingerprint density at radius 1 is 0.973 bits per heavy atom. The Morgan fingerprint density at radius 2 is 1.62 bits per heavy atom. The quantitative estimate of drug-likeness (QED) is 0.285. The van der Waals surface area contributed by atoms with E-state index < -0.39 is 25.3 Å².